The van der Waals surface area contributed by atoms with Gasteiger partial charge in [0.2, 0.25) is 0 Å². The van der Waals surface area contributed by atoms with Crippen LogP contribution in [0.15, 0.2) is 64.6 Å². The number of anilines is 1. The van der Waals surface area contributed by atoms with Gasteiger partial charge in [0.25, 0.3) is 5.91 Å². The molecule has 2 aliphatic rings. The third kappa shape index (κ3) is 6.28. The Morgan fingerprint density at radius 3 is 2.29 bits per heavy atom. The molecule has 6 nitrogen and oxygen atoms in total. The number of rotatable bonds is 8. The molecule has 1 amide bonds. The van der Waals surface area contributed by atoms with E-state index in [1.807, 2.05) is 31.2 Å². The molecule has 2 saturated carbocycles. The largest absolute Gasteiger partial charge is 0.391 e. The maximum atomic E-state index is 13.9. The smallest absolute Gasteiger partial charge is 0.255 e. The molecule has 3 aromatic rings. The molecule has 3 aromatic carbocycles. The van der Waals surface area contributed by atoms with E-state index in [9.17, 15) is 26.4 Å². The van der Waals surface area contributed by atoms with E-state index in [4.69, 9.17) is 16.4 Å². The lowest BCUT2D eigenvalue weighted by atomic mass is 9.81. The van der Waals surface area contributed by atoms with Crippen LogP contribution in [0.3, 0.4) is 0 Å². The second kappa shape index (κ2) is 11.9. The number of hydrogen-bond donors (Lipinski definition) is 1. The molecule has 3 unspecified atom stereocenters. The Bertz CT molecular complexity index is 1560. The molecule has 2 fully saturated rings. The van der Waals surface area contributed by atoms with Crippen molar-refractivity contribution in [1.82, 2.24) is 0 Å². The highest BCUT2D eigenvalue weighted by Gasteiger charge is 2.49. The van der Waals surface area contributed by atoms with E-state index < -0.39 is 38.4 Å². The quantitative estimate of drug-likeness (QED) is 0.169. The van der Waals surface area contributed by atoms with Crippen molar-refractivity contribution in [2.75, 3.05) is 5.32 Å². The molecule has 2 bridgehead atoms. The number of carbonyl (C=O) groups excluding carboxylic acids is 1. The summed E-state index contributed by atoms with van der Waals surface area (Å²) in [6.45, 7) is 2.36. The second-order valence-electron chi connectivity index (χ2n) is 10.7. The third-order valence-corrected chi connectivity index (χ3v) is 10.7. The number of benzene rings is 3. The molecule has 5 rings (SSSR count). The molecule has 0 heterocycles. The molecule has 0 spiro atoms. The van der Waals surface area contributed by atoms with Gasteiger partial charge in [0, 0.05) is 29.6 Å². The highest BCUT2D eigenvalue weighted by Crippen LogP contribution is 2.49. The van der Waals surface area contributed by atoms with Crippen LogP contribution in [0.2, 0.25) is 5.02 Å². The molecule has 216 valence electrons. The fourth-order valence-electron chi connectivity index (χ4n) is 5.91. The number of sulfone groups is 1. The van der Waals surface area contributed by atoms with E-state index in [0.717, 1.165) is 24.0 Å². The van der Waals surface area contributed by atoms with Gasteiger partial charge < -0.3 is 10.2 Å². The van der Waals surface area contributed by atoms with Crippen LogP contribution < -0.4 is 5.32 Å². The normalized spacial score (nSPS) is 22.2. The van der Waals surface area contributed by atoms with Crippen LogP contribution in [-0.2, 0) is 21.3 Å². The molecule has 0 aliphatic heterocycles. The third-order valence-electron chi connectivity index (χ3n) is 7.85. The number of halogens is 4. The summed E-state index contributed by atoms with van der Waals surface area (Å²) in [5.41, 5.74) is 1.78. The summed E-state index contributed by atoms with van der Waals surface area (Å²) in [4.78, 5) is 18.1. The number of nitrogens with one attached hydrogen (secondary N) is 1. The van der Waals surface area contributed by atoms with E-state index in [1.54, 1.807) is 6.21 Å². The van der Waals surface area contributed by atoms with Gasteiger partial charge in [0.05, 0.1) is 15.2 Å². The van der Waals surface area contributed by atoms with Crippen LogP contribution in [0, 0.1) is 42.1 Å². The number of hydrogen-bond acceptors (Lipinski definition) is 5. The molecule has 0 aromatic heterocycles. The summed E-state index contributed by atoms with van der Waals surface area (Å²) in [6.07, 6.45) is 4.54. The summed E-state index contributed by atoms with van der Waals surface area (Å²) in [5.74, 6) is -5.54. The molecular weight excluding hydrogens is 577 g/mol. The van der Waals surface area contributed by atoms with E-state index in [2.05, 4.69) is 10.5 Å². The Morgan fingerprint density at radius 2 is 1.66 bits per heavy atom. The van der Waals surface area contributed by atoms with Gasteiger partial charge in [-0.25, -0.2) is 21.6 Å². The van der Waals surface area contributed by atoms with Crippen molar-refractivity contribution < 1.29 is 31.2 Å². The monoisotopic (exact) mass is 604 g/mol. The lowest BCUT2D eigenvalue weighted by molar-refractivity contribution is 0.102. The van der Waals surface area contributed by atoms with Crippen molar-refractivity contribution in [1.29, 1.82) is 0 Å². The topological polar surface area (TPSA) is 84.8 Å². The molecule has 2 aliphatic carbocycles. The van der Waals surface area contributed by atoms with Crippen molar-refractivity contribution in [2.45, 2.75) is 49.4 Å². The summed E-state index contributed by atoms with van der Waals surface area (Å²) < 4.78 is 68.1. The Balaban J connectivity index is 1.27. The average molecular weight is 605 g/mol. The minimum absolute atomic E-state index is 0.0204. The van der Waals surface area contributed by atoms with E-state index in [0.29, 0.717) is 31.6 Å². The summed E-state index contributed by atoms with van der Waals surface area (Å²) in [6, 6.07) is 13.0. The lowest BCUT2D eigenvalue weighted by Crippen LogP contribution is -2.38. The van der Waals surface area contributed by atoms with Crippen LogP contribution in [0.5, 0.6) is 0 Å². The van der Waals surface area contributed by atoms with Gasteiger partial charge in [-0.15, -0.1) is 0 Å². The molecular formula is C30H28ClF3N2O4S. The molecule has 1 N–H and O–H groups in total. The molecule has 11 heteroatoms. The fraction of sp³-hybridized carbons (Fsp3) is 0.333. The maximum Gasteiger partial charge on any atom is 0.255 e. The molecule has 4 atom stereocenters. The van der Waals surface area contributed by atoms with Crippen LogP contribution in [0.25, 0.3) is 0 Å². The SMILES string of the molecule is Cc1ccc(CO/N=C/C2CC3CC[C@@H](C2)C3S(=O)(=O)c2cc(C(=O)Nc3cc(F)c(F)c(F)c3)ccc2Cl)cc1. The zero-order chi connectivity index (χ0) is 29.3. The van der Waals surface area contributed by atoms with Gasteiger partial charge in [-0.1, -0.05) is 46.6 Å². The number of carbonyl (C=O) groups is 1. The van der Waals surface area contributed by atoms with Crippen LogP contribution in [-0.4, -0.2) is 25.8 Å². The lowest BCUT2D eigenvalue weighted by Gasteiger charge is -2.33. The first-order valence-electron chi connectivity index (χ1n) is 13.2. The predicted octanol–water partition coefficient (Wildman–Crippen LogP) is 7.10. The van der Waals surface area contributed by atoms with E-state index >= 15 is 0 Å². The second-order valence-corrected chi connectivity index (χ2v) is 13.2. The number of aryl methyl sites for hydroxylation is 1. The molecule has 41 heavy (non-hydrogen) atoms. The highest BCUT2D eigenvalue weighted by atomic mass is 35.5. The van der Waals surface area contributed by atoms with Crippen molar-refractivity contribution in [3.63, 3.8) is 0 Å². The Hall–Kier alpha value is -3.37. The number of fused-ring (bicyclic) bond motifs is 2. The number of oxime groups is 1. The van der Waals surface area contributed by atoms with Gasteiger partial charge >= 0.3 is 0 Å². The number of nitrogens with zero attached hydrogens (tertiary/aromatic N) is 1. The Labute approximate surface area is 241 Å². The zero-order valence-corrected chi connectivity index (χ0v) is 23.7. The maximum absolute atomic E-state index is 13.9. The van der Waals surface area contributed by atoms with Gasteiger partial charge in [0.1, 0.15) is 6.61 Å². The van der Waals surface area contributed by atoms with Gasteiger partial charge in [-0.2, -0.15) is 0 Å². The Kier molecular flexibility index (Phi) is 8.42. The van der Waals surface area contributed by atoms with E-state index in [-0.39, 0.29) is 38.9 Å². The van der Waals surface area contributed by atoms with Gasteiger partial charge in [-0.3, -0.25) is 4.79 Å². The van der Waals surface area contributed by atoms with Crippen molar-refractivity contribution in [3.8, 4) is 0 Å². The summed E-state index contributed by atoms with van der Waals surface area (Å²) in [5, 5.41) is 5.73. The van der Waals surface area contributed by atoms with Crippen LogP contribution in [0.4, 0.5) is 18.9 Å². The zero-order valence-electron chi connectivity index (χ0n) is 22.1. The van der Waals surface area contributed by atoms with Crippen molar-refractivity contribution >= 4 is 39.2 Å². The van der Waals surface area contributed by atoms with Gasteiger partial charge in [0.15, 0.2) is 27.3 Å². The van der Waals surface area contributed by atoms with Crippen molar-refractivity contribution in [2.24, 2.45) is 22.9 Å². The average Bonchev–Trinajstić information content (AvgIpc) is 3.22. The standard InChI is InChI=1S/C30H28ClF3N2O4S/c1-17-2-4-18(5-3-17)16-40-35-15-19-10-20-6-7-21(11-19)29(20)41(38,39)27-12-22(8-9-24(27)31)30(37)36-23-13-25(32)28(34)26(33)14-23/h2-5,8-9,12-15,19-21,29H,6-7,10-11,16H2,1H3,(H,36,37)/b35-15+/t19?,20-,21?,29?/m0/s1. The number of amides is 1. The minimum atomic E-state index is -3.92. The first-order chi connectivity index (χ1) is 19.5. The first-order valence-corrected chi connectivity index (χ1v) is 15.2. The highest BCUT2D eigenvalue weighted by molar-refractivity contribution is 7.92. The van der Waals surface area contributed by atoms with Crippen LogP contribution >= 0.6 is 11.6 Å². The van der Waals surface area contributed by atoms with Crippen molar-refractivity contribution in [3.05, 3.63) is 93.8 Å². The van der Waals surface area contributed by atoms with Gasteiger partial charge in [-0.05, 0) is 74.1 Å². The first kappa shape index (κ1) is 29.1. The van der Waals surface area contributed by atoms with E-state index in [1.165, 1.54) is 18.2 Å². The molecule has 0 saturated heterocycles. The fourth-order valence-corrected chi connectivity index (χ4v) is 8.79. The minimum Gasteiger partial charge on any atom is -0.391 e. The predicted molar refractivity (Wildman–Crippen MR) is 150 cm³/mol. The van der Waals surface area contributed by atoms with Crippen LogP contribution in [0.1, 0.15) is 47.2 Å². The summed E-state index contributed by atoms with van der Waals surface area (Å²) >= 11 is 6.32. The molecule has 0 radical (unpaired) electrons. The summed E-state index contributed by atoms with van der Waals surface area (Å²) in [7, 11) is -3.92. The Morgan fingerprint density at radius 1 is 1.02 bits per heavy atom.